The molecule has 0 N–H and O–H groups in total. The van der Waals surface area contributed by atoms with Gasteiger partial charge in [-0.1, -0.05) is 6.07 Å². The van der Waals surface area contributed by atoms with Crippen molar-refractivity contribution in [3.05, 3.63) is 36.2 Å². The molecule has 0 bridgehead atoms. The fraction of sp³-hybridized carbons (Fsp3) is 0.250. The van der Waals surface area contributed by atoms with Crippen molar-refractivity contribution in [2.24, 2.45) is 7.05 Å². The van der Waals surface area contributed by atoms with Gasteiger partial charge in [-0.3, -0.25) is 4.68 Å². The number of aromatic nitrogens is 4. The molecule has 0 saturated carbocycles. The third-order valence-corrected chi connectivity index (χ3v) is 4.94. The topological polar surface area (TPSA) is 94.1 Å². The van der Waals surface area contributed by atoms with Crippen LogP contribution in [0, 0.1) is 0 Å². The first-order chi connectivity index (χ1) is 9.98. The zero-order valence-corrected chi connectivity index (χ0v) is 12.3. The van der Waals surface area contributed by atoms with Crippen molar-refractivity contribution < 1.29 is 13.0 Å². The minimum absolute atomic E-state index is 0.0765. The van der Waals surface area contributed by atoms with Crippen molar-refractivity contribution >= 4 is 21.1 Å². The van der Waals surface area contributed by atoms with E-state index in [1.54, 1.807) is 36.3 Å². The van der Waals surface area contributed by atoms with Crippen molar-refractivity contribution in [1.29, 1.82) is 0 Å². The predicted octanol–water partition coefficient (Wildman–Crippen LogP) is 0.777. The summed E-state index contributed by atoms with van der Waals surface area (Å²) in [4.78, 5) is 0.0765. The smallest absolute Gasteiger partial charge is 0.245 e. The summed E-state index contributed by atoms with van der Waals surface area (Å²) in [5.74, 6) is 0. The van der Waals surface area contributed by atoms with Crippen LogP contribution in [-0.4, -0.2) is 39.9 Å². The quantitative estimate of drug-likeness (QED) is 0.707. The zero-order chi connectivity index (χ0) is 15.0. The Hall–Kier alpha value is -2.26. The van der Waals surface area contributed by atoms with Crippen LogP contribution in [0.4, 0.5) is 0 Å². The maximum atomic E-state index is 12.6. The van der Waals surface area contributed by atoms with E-state index in [1.807, 2.05) is 0 Å². The molecule has 0 spiro atoms. The summed E-state index contributed by atoms with van der Waals surface area (Å²) in [7, 11) is -0.404. The monoisotopic (exact) mass is 307 g/mol. The van der Waals surface area contributed by atoms with Crippen molar-refractivity contribution in [3.8, 4) is 0 Å². The molecule has 1 aromatic carbocycles. The highest BCUT2D eigenvalue weighted by atomic mass is 32.2. The number of hydrogen-bond donors (Lipinski definition) is 0. The van der Waals surface area contributed by atoms with Gasteiger partial charge >= 0.3 is 0 Å². The lowest BCUT2D eigenvalue weighted by atomic mass is 10.3. The average Bonchev–Trinajstić information content (AvgIpc) is 3.06. The van der Waals surface area contributed by atoms with Gasteiger partial charge in [-0.25, -0.2) is 13.0 Å². The molecule has 0 saturated heterocycles. The number of benzene rings is 1. The summed E-state index contributed by atoms with van der Waals surface area (Å²) in [6.45, 7) is 0.220. The van der Waals surface area contributed by atoms with Crippen molar-refractivity contribution in [1.82, 2.24) is 24.4 Å². The fourth-order valence-electron chi connectivity index (χ4n) is 2.05. The van der Waals surface area contributed by atoms with Crippen molar-refractivity contribution in [2.45, 2.75) is 11.4 Å². The van der Waals surface area contributed by atoms with E-state index in [0.29, 0.717) is 5.52 Å². The van der Waals surface area contributed by atoms with E-state index in [-0.39, 0.29) is 17.0 Å². The first-order valence-electron chi connectivity index (χ1n) is 6.13. The molecule has 0 radical (unpaired) electrons. The number of aryl methyl sites for hydroxylation is 1. The second-order valence-corrected chi connectivity index (χ2v) is 6.68. The SMILES string of the molecule is CN(Cc1cnn(C)c1)S(=O)(=O)c1cccc2nonc12. The highest BCUT2D eigenvalue weighted by molar-refractivity contribution is 7.89. The highest BCUT2D eigenvalue weighted by Gasteiger charge is 2.25. The zero-order valence-electron chi connectivity index (χ0n) is 11.5. The van der Waals surface area contributed by atoms with E-state index >= 15 is 0 Å². The highest BCUT2D eigenvalue weighted by Crippen LogP contribution is 2.23. The van der Waals surface area contributed by atoms with E-state index in [2.05, 4.69) is 20.0 Å². The van der Waals surface area contributed by atoms with Crippen LogP contribution < -0.4 is 0 Å². The van der Waals surface area contributed by atoms with E-state index in [4.69, 9.17) is 0 Å². The number of hydrogen-bond acceptors (Lipinski definition) is 6. The van der Waals surface area contributed by atoms with Gasteiger partial charge in [-0.2, -0.15) is 9.40 Å². The molecule has 2 heterocycles. The minimum atomic E-state index is -3.69. The van der Waals surface area contributed by atoms with Gasteiger partial charge in [-0.15, -0.1) is 0 Å². The lowest BCUT2D eigenvalue weighted by Gasteiger charge is -2.16. The first-order valence-corrected chi connectivity index (χ1v) is 7.57. The molecule has 0 aliphatic heterocycles. The van der Waals surface area contributed by atoms with E-state index < -0.39 is 10.0 Å². The molecule has 110 valence electrons. The second kappa shape index (κ2) is 4.93. The lowest BCUT2D eigenvalue weighted by molar-refractivity contribution is 0.315. The third kappa shape index (κ3) is 2.41. The molecule has 3 rings (SSSR count). The van der Waals surface area contributed by atoms with Crippen LogP contribution in [0.5, 0.6) is 0 Å². The van der Waals surface area contributed by atoms with Gasteiger partial charge in [0, 0.05) is 32.4 Å². The van der Waals surface area contributed by atoms with Gasteiger partial charge in [0.05, 0.1) is 6.20 Å². The number of fused-ring (bicyclic) bond motifs is 1. The molecule has 0 unspecified atom stereocenters. The van der Waals surface area contributed by atoms with Crippen LogP contribution in [0.15, 0.2) is 40.1 Å². The average molecular weight is 307 g/mol. The first kappa shape index (κ1) is 13.7. The summed E-state index contributed by atoms with van der Waals surface area (Å²) in [5, 5.41) is 11.4. The maximum absolute atomic E-state index is 12.6. The number of rotatable bonds is 4. The Morgan fingerprint density at radius 1 is 1.33 bits per heavy atom. The Kier molecular flexibility index (Phi) is 3.22. The standard InChI is InChI=1S/C12H13N5O3S/c1-16-7-9(6-13-16)8-17(2)21(18,19)11-5-3-4-10-12(11)15-20-14-10/h3-7H,8H2,1-2H3. The molecule has 0 atom stereocenters. The Balaban J connectivity index is 1.98. The maximum Gasteiger partial charge on any atom is 0.245 e. The molecule has 0 fully saturated rings. The molecular weight excluding hydrogens is 294 g/mol. The Morgan fingerprint density at radius 2 is 2.14 bits per heavy atom. The third-order valence-electron chi connectivity index (χ3n) is 3.10. The van der Waals surface area contributed by atoms with Gasteiger partial charge in [0.1, 0.15) is 10.4 Å². The molecule has 21 heavy (non-hydrogen) atoms. The van der Waals surface area contributed by atoms with E-state index in [0.717, 1.165) is 5.56 Å². The van der Waals surface area contributed by atoms with Crippen LogP contribution in [-0.2, 0) is 23.6 Å². The second-order valence-electron chi connectivity index (χ2n) is 4.67. The molecule has 0 aliphatic carbocycles. The molecule has 9 heteroatoms. The van der Waals surface area contributed by atoms with Crippen LogP contribution >= 0.6 is 0 Å². The van der Waals surface area contributed by atoms with Gasteiger partial charge in [0.25, 0.3) is 0 Å². The van der Waals surface area contributed by atoms with Gasteiger partial charge in [0.2, 0.25) is 10.0 Å². The minimum Gasteiger partial charge on any atom is -0.275 e. The predicted molar refractivity (Wildman–Crippen MR) is 73.7 cm³/mol. The molecular formula is C12H13N5O3S. The summed E-state index contributed by atoms with van der Waals surface area (Å²) in [6, 6.07) is 4.74. The molecule has 0 aliphatic rings. The van der Waals surface area contributed by atoms with Crippen LogP contribution in [0.25, 0.3) is 11.0 Å². The molecule has 2 aromatic heterocycles. The van der Waals surface area contributed by atoms with Gasteiger partial charge in [0.15, 0.2) is 5.52 Å². The van der Waals surface area contributed by atoms with Gasteiger partial charge < -0.3 is 0 Å². The Labute approximate surface area is 121 Å². The van der Waals surface area contributed by atoms with E-state index in [9.17, 15) is 8.42 Å². The van der Waals surface area contributed by atoms with Crippen molar-refractivity contribution in [2.75, 3.05) is 7.05 Å². The Morgan fingerprint density at radius 3 is 2.86 bits per heavy atom. The lowest BCUT2D eigenvalue weighted by Crippen LogP contribution is -2.26. The van der Waals surface area contributed by atoms with E-state index in [1.165, 1.54) is 17.4 Å². The van der Waals surface area contributed by atoms with Gasteiger partial charge in [-0.05, 0) is 22.4 Å². The summed E-state index contributed by atoms with van der Waals surface area (Å²) in [6.07, 6.45) is 3.40. The largest absolute Gasteiger partial charge is 0.275 e. The Bertz CT molecular complexity index is 883. The van der Waals surface area contributed by atoms with Crippen molar-refractivity contribution in [3.63, 3.8) is 0 Å². The number of sulfonamides is 1. The van der Waals surface area contributed by atoms with Crippen LogP contribution in [0.2, 0.25) is 0 Å². The van der Waals surface area contributed by atoms with Crippen LogP contribution in [0.1, 0.15) is 5.56 Å². The van der Waals surface area contributed by atoms with Crippen LogP contribution in [0.3, 0.4) is 0 Å². The summed E-state index contributed by atoms with van der Waals surface area (Å²) >= 11 is 0. The summed E-state index contributed by atoms with van der Waals surface area (Å²) in [5.41, 5.74) is 1.44. The summed E-state index contributed by atoms with van der Waals surface area (Å²) < 4.78 is 32.8. The normalized spacial score (nSPS) is 12.3. The molecule has 0 amide bonds. The molecule has 8 nitrogen and oxygen atoms in total. The fourth-order valence-corrected chi connectivity index (χ4v) is 3.34. The number of nitrogens with zero attached hydrogens (tertiary/aromatic N) is 5. The molecule has 3 aromatic rings.